The fraction of sp³-hybridized carbons (Fsp3) is 0.556. The van der Waals surface area contributed by atoms with Crippen LogP contribution >= 0.6 is 22.9 Å². The van der Waals surface area contributed by atoms with E-state index in [2.05, 4.69) is 10.0 Å². The van der Waals surface area contributed by atoms with E-state index in [-0.39, 0.29) is 20.3 Å². The van der Waals surface area contributed by atoms with Crippen LogP contribution in [0.4, 0.5) is 5.69 Å². The zero-order chi connectivity index (χ0) is 14.0. The van der Waals surface area contributed by atoms with Gasteiger partial charge >= 0.3 is 0 Å². The molecule has 1 aliphatic rings. The summed E-state index contributed by atoms with van der Waals surface area (Å²) < 4.78 is 26.4. The molecule has 106 valence electrons. The van der Waals surface area contributed by atoms with E-state index in [9.17, 15) is 18.5 Å². The number of hydrogen-bond acceptors (Lipinski definition) is 6. The Balaban J connectivity index is 2.19. The molecule has 1 aromatic rings. The molecule has 0 spiro atoms. The molecule has 0 aliphatic carbocycles. The summed E-state index contributed by atoms with van der Waals surface area (Å²) in [6.45, 7) is 1.43. The molecule has 1 aliphatic heterocycles. The van der Waals surface area contributed by atoms with Crippen LogP contribution in [-0.4, -0.2) is 32.5 Å². The molecule has 1 saturated heterocycles. The van der Waals surface area contributed by atoms with Crippen LogP contribution in [-0.2, 0) is 10.0 Å². The highest BCUT2D eigenvalue weighted by Crippen LogP contribution is 2.36. The summed E-state index contributed by atoms with van der Waals surface area (Å²) >= 11 is 6.35. The van der Waals surface area contributed by atoms with Gasteiger partial charge in [-0.2, -0.15) is 0 Å². The second-order valence-corrected chi connectivity index (χ2v) is 7.74. The van der Waals surface area contributed by atoms with Crippen LogP contribution in [0.3, 0.4) is 0 Å². The maximum absolute atomic E-state index is 12.1. The quantitative estimate of drug-likeness (QED) is 0.642. The number of rotatable bonds is 4. The number of piperidine rings is 1. The Kier molecular flexibility index (Phi) is 4.41. The van der Waals surface area contributed by atoms with Crippen molar-refractivity contribution in [1.29, 1.82) is 0 Å². The van der Waals surface area contributed by atoms with Crippen LogP contribution in [0.5, 0.6) is 0 Å². The molecule has 7 nitrogen and oxygen atoms in total. The third-order valence-electron chi connectivity index (χ3n) is 2.73. The molecule has 2 rings (SSSR count). The van der Waals surface area contributed by atoms with Gasteiger partial charge in [-0.3, -0.25) is 10.1 Å². The van der Waals surface area contributed by atoms with Crippen LogP contribution in [0.1, 0.15) is 12.8 Å². The standard InChI is InChI=1S/C9H12ClN3O4S2/c10-9-7(13(14)15)4-8(18-9)19(16,17)12-6-2-1-3-11-5-6/h4,6,11-12H,1-3,5H2/t6-/m0/s1. The number of nitro groups is 1. The van der Waals surface area contributed by atoms with Gasteiger partial charge in [-0.25, -0.2) is 13.1 Å². The van der Waals surface area contributed by atoms with E-state index < -0.39 is 14.9 Å². The first kappa shape index (κ1) is 14.7. The van der Waals surface area contributed by atoms with Crippen molar-refractivity contribution in [2.24, 2.45) is 0 Å². The highest BCUT2D eigenvalue weighted by molar-refractivity contribution is 7.91. The molecule has 1 fully saturated rings. The molecule has 0 radical (unpaired) electrons. The molecular formula is C9H12ClN3O4S2. The Bertz CT molecular complexity index is 580. The summed E-state index contributed by atoms with van der Waals surface area (Å²) in [7, 11) is -3.76. The highest BCUT2D eigenvalue weighted by Gasteiger charge is 2.27. The van der Waals surface area contributed by atoms with Gasteiger partial charge in [0.05, 0.1) is 4.92 Å². The lowest BCUT2D eigenvalue weighted by atomic mass is 10.1. The summed E-state index contributed by atoms with van der Waals surface area (Å²) in [5.74, 6) is 0. The predicted octanol–water partition coefficient (Wildman–Crippen LogP) is 1.34. The molecule has 0 aromatic carbocycles. The van der Waals surface area contributed by atoms with Gasteiger partial charge in [-0.05, 0) is 19.4 Å². The number of nitrogens with one attached hydrogen (secondary N) is 2. The fourth-order valence-electron chi connectivity index (χ4n) is 1.83. The van der Waals surface area contributed by atoms with Crippen molar-refractivity contribution >= 4 is 38.6 Å². The zero-order valence-electron chi connectivity index (χ0n) is 9.76. The van der Waals surface area contributed by atoms with Crippen molar-refractivity contribution in [2.75, 3.05) is 13.1 Å². The van der Waals surface area contributed by atoms with Gasteiger partial charge in [0.1, 0.15) is 4.21 Å². The zero-order valence-corrected chi connectivity index (χ0v) is 12.1. The molecular weight excluding hydrogens is 314 g/mol. The highest BCUT2D eigenvalue weighted by atomic mass is 35.5. The number of thiophene rings is 1. The molecule has 0 unspecified atom stereocenters. The molecule has 1 atom stereocenters. The largest absolute Gasteiger partial charge is 0.315 e. The van der Waals surface area contributed by atoms with Crippen molar-refractivity contribution in [3.05, 3.63) is 20.5 Å². The third-order valence-corrected chi connectivity index (χ3v) is 6.06. The van der Waals surface area contributed by atoms with Crippen molar-refractivity contribution in [1.82, 2.24) is 10.0 Å². The Morgan fingerprint density at radius 1 is 1.58 bits per heavy atom. The van der Waals surface area contributed by atoms with E-state index in [1.807, 2.05) is 0 Å². The number of sulfonamides is 1. The predicted molar refractivity (Wildman–Crippen MR) is 72.2 cm³/mol. The van der Waals surface area contributed by atoms with E-state index >= 15 is 0 Å². The number of hydrogen-bond donors (Lipinski definition) is 2. The molecule has 0 bridgehead atoms. The number of nitrogens with zero attached hydrogens (tertiary/aromatic N) is 1. The van der Waals surface area contributed by atoms with Crippen LogP contribution in [0.25, 0.3) is 0 Å². The van der Waals surface area contributed by atoms with Gasteiger partial charge in [-0.15, -0.1) is 11.3 Å². The Hall–Kier alpha value is -0.740. The van der Waals surface area contributed by atoms with Gasteiger partial charge < -0.3 is 5.32 Å². The van der Waals surface area contributed by atoms with E-state index in [4.69, 9.17) is 11.6 Å². The van der Waals surface area contributed by atoms with Crippen molar-refractivity contribution in [2.45, 2.75) is 23.1 Å². The molecule has 0 amide bonds. The van der Waals surface area contributed by atoms with Crippen LogP contribution in [0.15, 0.2) is 10.3 Å². The topological polar surface area (TPSA) is 101 Å². The summed E-state index contributed by atoms with van der Waals surface area (Å²) in [5.41, 5.74) is -0.381. The average Bonchev–Trinajstić information content (AvgIpc) is 2.73. The Morgan fingerprint density at radius 2 is 2.32 bits per heavy atom. The van der Waals surface area contributed by atoms with E-state index in [0.29, 0.717) is 17.9 Å². The first-order valence-electron chi connectivity index (χ1n) is 5.57. The summed E-state index contributed by atoms with van der Waals surface area (Å²) in [4.78, 5) is 9.96. The Labute approximate surface area is 119 Å². The van der Waals surface area contributed by atoms with Gasteiger partial charge in [0.15, 0.2) is 4.34 Å². The minimum Gasteiger partial charge on any atom is -0.315 e. The van der Waals surface area contributed by atoms with Crippen molar-refractivity contribution < 1.29 is 13.3 Å². The second-order valence-electron chi connectivity index (χ2n) is 4.15. The lowest BCUT2D eigenvalue weighted by Crippen LogP contribution is -2.45. The minimum absolute atomic E-state index is 0.130. The van der Waals surface area contributed by atoms with Crippen LogP contribution in [0.2, 0.25) is 4.34 Å². The second kappa shape index (κ2) is 5.71. The smallest absolute Gasteiger partial charge is 0.300 e. The van der Waals surface area contributed by atoms with Gasteiger partial charge in [0, 0.05) is 18.7 Å². The SMILES string of the molecule is O=[N+]([O-])c1cc(S(=O)(=O)N[C@H]2CCCNC2)sc1Cl. The van der Waals surface area contributed by atoms with Gasteiger partial charge in [-0.1, -0.05) is 11.6 Å². The van der Waals surface area contributed by atoms with Crippen molar-refractivity contribution in [3.63, 3.8) is 0 Å². The normalized spacial score (nSPS) is 20.4. The van der Waals surface area contributed by atoms with Gasteiger partial charge in [0.2, 0.25) is 0 Å². The summed E-state index contributed by atoms with van der Waals surface area (Å²) in [5, 5.41) is 13.7. The average molecular weight is 326 g/mol. The van der Waals surface area contributed by atoms with Gasteiger partial charge in [0.25, 0.3) is 15.7 Å². The Morgan fingerprint density at radius 3 is 2.84 bits per heavy atom. The van der Waals surface area contributed by atoms with Crippen LogP contribution < -0.4 is 10.0 Å². The monoisotopic (exact) mass is 325 g/mol. The molecule has 0 saturated carbocycles. The summed E-state index contributed by atoms with van der Waals surface area (Å²) in [6.07, 6.45) is 1.63. The maximum atomic E-state index is 12.1. The van der Waals surface area contributed by atoms with E-state index in [1.165, 1.54) is 0 Å². The lowest BCUT2D eigenvalue weighted by Gasteiger charge is -2.23. The van der Waals surface area contributed by atoms with Crippen LogP contribution in [0, 0.1) is 10.1 Å². The fourth-order valence-corrected chi connectivity index (χ4v) is 4.78. The number of halogens is 1. The minimum atomic E-state index is -3.76. The lowest BCUT2D eigenvalue weighted by molar-refractivity contribution is -0.384. The van der Waals surface area contributed by atoms with E-state index in [1.54, 1.807) is 0 Å². The maximum Gasteiger partial charge on any atom is 0.300 e. The molecule has 19 heavy (non-hydrogen) atoms. The molecule has 2 heterocycles. The first-order chi connectivity index (χ1) is 8.90. The first-order valence-corrected chi connectivity index (χ1v) is 8.24. The molecule has 2 N–H and O–H groups in total. The third kappa shape index (κ3) is 3.42. The van der Waals surface area contributed by atoms with E-state index in [0.717, 1.165) is 25.5 Å². The molecule has 10 heteroatoms. The van der Waals surface area contributed by atoms with Crippen molar-refractivity contribution in [3.8, 4) is 0 Å². The molecule has 1 aromatic heterocycles. The summed E-state index contributed by atoms with van der Waals surface area (Å²) in [6, 6.07) is 0.796.